The molecule has 0 aromatic rings. The summed E-state index contributed by atoms with van der Waals surface area (Å²) in [5, 5.41) is 8.03. The van der Waals surface area contributed by atoms with E-state index < -0.39 is 6.16 Å². The average Bonchev–Trinajstić information content (AvgIpc) is 1.96. The van der Waals surface area contributed by atoms with Gasteiger partial charge in [0.2, 0.25) is 0 Å². The fourth-order valence-corrected chi connectivity index (χ4v) is 0.737. The van der Waals surface area contributed by atoms with Crippen molar-refractivity contribution in [2.45, 2.75) is 32.6 Å². The van der Waals surface area contributed by atoms with Crippen molar-refractivity contribution in [3.63, 3.8) is 0 Å². The maximum atomic E-state index is 9.80. The molecule has 0 rings (SSSR count). The second kappa shape index (κ2) is 7.34. The summed E-state index contributed by atoms with van der Waals surface area (Å²) in [6.45, 7) is 2.73. The first-order valence-corrected chi connectivity index (χ1v) is 3.90. The summed E-state index contributed by atoms with van der Waals surface area (Å²) in [5.41, 5.74) is 2.34. The molecular weight excluding hydrogens is 146 g/mol. The molecule has 0 aromatic heterocycles. The summed E-state index contributed by atoms with van der Waals surface area (Å²) in [6.07, 6.45) is 3.17. The number of carboxylic acid groups (broad SMARTS) is 1. The molecule has 0 bridgehead atoms. The molecule has 2 N–H and O–H groups in total. The van der Waals surface area contributed by atoms with Crippen LogP contribution in [0.25, 0.3) is 0 Å². The van der Waals surface area contributed by atoms with Crippen molar-refractivity contribution in [3.05, 3.63) is 0 Å². The second-order valence-corrected chi connectivity index (χ2v) is 2.32. The van der Waals surface area contributed by atoms with E-state index in [0.29, 0.717) is 6.54 Å². The van der Waals surface area contributed by atoms with Crippen molar-refractivity contribution in [2.75, 3.05) is 6.54 Å². The topological polar surface area (TPSA) is 58.6 Å². The van der Waals surface area contributed by atoms with Gasteiger partial charge in [-0.05, 0) is 6.42 Å². The third-order valence-corrected chi connectivity index (χ3v) is 1.29. The Kier molecular flexibility index (Phi) is 6.82. The fraction of sp³-hybridized carbons (Fsp3) is 0.857. The van der Waals surface area contributed by atoms with Crippen molar-refractivity contribution in [2.24, 2.45) is 0 Å². The minimum atomic E-state index is -1.28. The van der Waals surface area contributed by atoms with Crippen LogP contribution in [-0.4, -0.2) is 17.8 Å². The highest BCUT2D eigenvalue weighted by molar-refractivity contribution is 5.56. The molecular formula is C7H15NO3. The van der Waals surface area contributed by atoms with Crippen molar-refractivity contribution >= 4 is 6.16 Å². The number of hydrogen-bond acceptors (Lipinski definition) is 3. The SMILES string of the molecule is CCCCCCNOC(=O)O. The molecule has 0 amide bonds. The van der Waals surface area contributed by atoms with Crippen LogP contribution in [0.1, 0.15) is 32.6 Å². The number of hydroxylamine groups is 1. The first kappa shape index (κ1) is 10.2. The predicted molar refractivity (Wildman–Crippen MR) is 41.3 cm³/mol. The van der Waals surface area contributed by atoms with E-state index in [0.717, 1.165) is 12.8 Å². The Morgan fingerprint density at radius 1 is 1.45 bits per heavy atom. The Labute approximate surface area is 66.5 Å². The summed E-state index contributed by atoms with van der Waals surface area (Å²) in [4.78, 5) is 13.9. The zero-order valence-electron chi connectivity index (χ0n) is 6.80. The van der Waals surface area contributed by atoms with E-state index in [1.807, 2.05) is 0 Å². The van der Waals surface area contributed by atoms with Gasteiger partial charge >= 0.3 is 6.16 Å². The van der Waals surface area contributed by atoms with Gasteiger partial charge in [-0.1, -0.05) is 26.2 Å². The summed E-state index contributed by atoms with van der Waals surface area (Å²) < 4.78 is 0. The van der Waals surface area contributed by atoms with Crippen LogP contribution >= 0.6 is 0 Å². The number of hydrogen-bond donors (Lipinski definition) is 2. The molecule has 4 nitrogen and oxygen atoms in total. The maximum absolute atomic E-state index is 9.80. The maximum Gasteiger partial charge on any atom is 0.525 e. The van der Waals surface area contributed by atoms with E-state index in [-0.39, 0.29) is 0 Å². The number of rotatable bonds is 6. The van der Waals surface area contributed by atoms with Crippen molar-refractivity contribution in [3.8, 4) is 0 Å². The molecule has 0 saturated heterocycles. The van der Waals surface area contributed by atoms with Gasteiger partial charge in [-0.15, -0.1) is 0 Å². The van der Waals surface area contributed by atoms with Gasteiger partial charge in [0.1, 0.15) is 0 Å². The quantitative estimate of drug-likeness (QED) is 0.460. The molecule has 0 saturated carbocycles. The highest BCUT2D eigenvalue weighted by Crippen LogP contribution is 1.96. The van der Waals surface area contributed by atoms with Crippen LogP contribution in [-0.2, 0) is 4.84 Å². The lowest BCUT2D eigenvalue weighted by atomic mass is 10.2. The standard InChI is InChI=1S/C7H15NO3/c1-2-3-4-5-6-8-11-7(9)10/h8H,2-6H2,1H3,(H,9,10). The van der Waals surface area contributed by atoms with Crippen molar-refractivity contribution in [1.82, 2.24) is 5.48 Å². The molecule has 0 aliphatic carbocycles. The number of nitrogens with one attached hydrogen (secondary N) is 1. The minimum Gasteiger partial charge on any atom is -0.448 e. The Bertz CT molecular complexity index is 106. The first-order chi connectivity index (χ1) is 5.27. The fourth-order valence-electron chi connectivity index (χ4n) is 0.737. The van der Waals surface area contributed by atoms with Gasteiger partial charge in [0.25, 0.3) is 0 Å². The molecule has 0 spiro atoms. The summed E-state index contributed by atoms with van der Waals surface area (Å²) in [7, 11) is 0. The van der Waals surface area contributed by atoms with Gasteiger partial charge in [-0.2, -0.15) is 5.48 Å². The van der Waals surface area contributed by atoms with E-state index in [4.69, 9.17) is 5.11 Å². The van der Waals surface area contributed by atoms with Crippen LogP contribution in [0.5, 0.6) is 0 Å². The summed E-state index contributed by atoms with van der Waals surface area (Å²) >= 11 is 0. The molecule has 0 fully saturated rings. The van der Waals surface area contributed by atoms with Crippen molar-refractivity contribution in [1.29, 1.82) is 0 Å². The molecule has 0 aliphatic rings. The van der Waals surface area contributed by atoms with Gasteiger partial charge in [0.15, 0.2) is 0 Å². The van der Waals surface area contributed by atoms with Crippen LogP contribution in [0.4, 0.5) is 4.79 Å². The number of carbonyl (C=O) groups is 1. The smallest absolute Gasteiger partial charge is 0.448 e. The van der Waals surface area contributed by atoms with Crippen LogP contribution in [0.15, 0.2) is 0 Å². The Balaban J connectivity index is 2.85. The molecule has 0 aromatic carbocycles. The Morgan fingerprint density at radius 3 is 2.73 bits per heavy atom. The van der Waals surface area contributed by atoms with Crippen molar-refractivity contribution < 1.29 is 14.7 Å². The highest BCUT2D eigenvalue weighted by Gasteiger charge is 1.93. The lowest BCUT2D eigenvalue weighted by Crippen LogP contribution is -2.19. The second-order valence-electron chi connectivity index (χ2n) is 2.32. The lowest BCUT2D eigenvalue weighted by molar-refractivity contribution is 0.0436. The third kappa shape index (κ3) is 9.23. The molecule has 11 heavy (non-hydrogen) atoms. The molecule has 0 aliphatic heterocycles. The molecule has 0 heterocycles. The minimum absolute atomic E-state index is 0.603. The van der Waals surface area contributed by atoms with Crippen LogP contribution in [0.3, 0.4) is 0 Å². The Morgan fingerprint density at radius 2 is 2.18 bits per heavy atom. The zero-order valence-corrected chi connectivity index (χ0v) is 6.80. The molecule has 0 radical (unpaired) electrons. The normalized spacial score (nSPS) is 9.55. The van der Waals surface area contributed by atoms with E-state index in [2.05, 4.69) is 17.2 Å². The van der Waals surface area contributed by atoms with Gasteiger partial charge in [-0.25, -0.2) is 4.79 Å². The van der Waals surface area contributed by atoms with E-state index in [9.17, 15) is 4.79 Å². The molecule has 0 unspecified atom stereocenters. The average molecular weight is 161 g/mol. The largest absolute Gasteiger partial charge is 0.525 e. The van der Waals surface area contributed by atoms with E-state index in [1.54, 1.807) is 0 Å². The molecule has 66 valence electrons. The monoisotopic (exact) mass is 161 g/mol. The first-order valence-electron chi connectivity index (χ1n) is 3.90. The lowest BCUT2D eigenvalue weighted by Gasteiger charge is -2.00. The van der Waals surface area contributed by atoms with Crippen LogP contribution < -0.4 is 5.48 Å². The summed E-state index contributed by atoms with van der Waals surface area (Å²) in [6, 6.07) is 0. The van der Waals surface area contributed by atoms with Gasteiger partial charge < -0.3 is 9.94 Å². The highest BCUT2D eigenvalue weighted by atomic mass is 16.8. The molecule has 0 atom stereocenters. The Hall–Kier alpha value is -0.770. The van der Waals surface area contributed by atoms with Gasteiger partial charge in [0, 0.05) is 6.54 Å². The van der Waals surface area contributed by atoms with Gasteiger partial charge in [0.05, 0.1) is 0 Å². The van der Waals surface area contributed by atoms with Gasteiger partial charge in [-0.3, -0.25) is 0 Å². The van der Waals surface area contributed by atoms with E-state index in [1.165, 1.54) is 12.8 Å². The van der Waals surface area contributed by atoms with Crippen LogP contribution in [0, 0.1) is 0 Å². The summed E-state index contributed by atoms with van der Waals surface area (Å²) in [5.74, 6) is 0. The molecule has 4 heteroatoms. The zero-order chi connectivity index (χ0) is 8.53. The van der Waals surface area contributed by atoms with Crippen LogP contribution in [0.2, 0.25) is 0 Å². The van der Waals surface area contributed by atoms with E-state index >= 15 is 0 Å². The predicted octanol–water partition coefficient (Wildman–Crippen LogP) is 1.77. The number of unbranched alkanes of at least 4 members (excludes halogenated alkanes) is 3. The third-order valence-electron chi connectivity index (χ3n) is 1.29.